The lowest BCUT2D eigenvalue weighted by Gasteiger charge is -2.17. The lowest BCUT2D eigenvalue weighted by Crippen LogP contribution is -2.43. The van der Waals surface area contributed by atoms with Gasteiger partial charge in [-0.1, -0.05) is 13.8 Å². The Bertz CT molecular complexity index is 651. The van der Waals surface area contributed by atoms with Gasteiger partial charge in [0.05, 0.1) is 0 Å². The molecule has 21 heavy (non-hydrogen) atoms. The Labute approximate surface area is 127 Å². The molecule has 2 amide bonds. The Morgan fingerprint density at radius 1 is 1.29 bits per heavy atom. The number of carboxylic acid groups (broad SMARTS) is 1. The van der Waals surface area contributed by atoms with E-state index in [1.807, 2.05) is 37.4 Å². The van der Waals surface area contributed by atoms with Crippen LogP contribution < -0.4 is 10.6 Å². The minimum absolute atomic E-state index is 0.188. The zero-order valence-electron chi connectivity index (χ0n) is 11.9. The first-order valence-corrected chi connectivity index (χ1v) is 7.61. The minimum Gasteiger partial charge on any atom is -0.480 e. The lowest BCUT2D eigenvalue weighted by molar-refractivity contribution is -0.139. The lowest BCUT2D eigenvalue weighted by atomic mass is 10.0. The Morgan fingerprint density at radius 2 is 2.05 bits per heavy atom. The molecule has 0 unspecified atom stereocenters. The SMILES string of the molecule is CC(C)C[C@H](NC(=O)Nc1ccc2sccc2c1)C(=O)O. The van der Waals surface area contributed by atoms with Gasteiger partial charge in [0.1, 0.15) is 6.04 Å². The molecule has 3 N–H and O–H groups in total. The van der Waals surface area contributed by atoms with Gasteiger partial charge in [-0.2, -0.15) is 0 Å². The summed E-state index contributed by atoms with van der Waals surface area (Å²) >= 11 is 1.63. The number of thiophene rings is 1. The molecule has 1 aromatic heterocycles. The van der Waals surface area contributed by atoms with Crippen LogP contribution in [0.4, 0.5) is 10.5 Å². The number of benzene rings is 1. The number of amides is 2. The molecular weight excluding hydrogens is 288 g/mol. The van der Waals surface area contributed by atoms with E-state index >= 15 is 0 Å². The molecule has 0 bridgehead atoms. The third-order valence-electron chi connectivity index (χ3n) is 3.02. The first kappa shape index (κ1) is 15.3. The van der Waals surface area contributed by atoms with Crippen molar-refractivity contribution >= 4 is 39.1 Å². The molecule has 1 atom stereocenters. The zero-order valence-corrected chi connectivity index (χ0v) is 12.7. The van der Waals surface area contributed by atoms with Crippen molar-refractivity contribution in [1.82, 2.24) is 5.32 Å². The summed E-state index contributed by atoms with van der Waals surface area (Å²) in [5, 5.41) is 17.3. The molecular formula is C15H18N2O3S. The van der Waals surface area contributed by atoms with E-state index in [1.54, 1.807) is 17.4 Å². The smallest absolute Gasteiger partial charge is 0.326 e. The van der Waals surface area contributed by atoms with Crippen molar-refractivity contribution in [3.8, 4) is 0 Å². The molecule has 6 heteroatoms. The fraction of sp³-hybridized carbons (Fsp3) is 0.333. The van der Waals surface area contributed by atoms with E-state index in [1.165, 1.54) is 0 Å². The molecule has 0 aliphatic heterocycles. The van der Waals surface area contributed by atoms with Crippen molar-refractivity contribution < 1.29 is 14.7 Å². The number of hydrogen-bond donors (Lipinski definition) is 3. The second-order valence-electron chi connectivity index (χ2n) is 5.29. The maximum Gasteiger partial charge on any atom is 0.326 e. The molecule has 0 fully saturated rings. The number of carbonyl (C=O) groups is 2. The molecule has 1 aromatic carbocycles. The van der Waals surface area contributed by atoms with E-state index in [0.29, 0.717) is 12.1 Å². The summed E-state index contributed by atoms with van der Waals surface area (Å²) in [7, 11) is 0. The van der Waals surface area contributed by atoms with Crippen molar-refractivity contribution in [2.75, 3.05) is 5.32 Å². The highest BCUT2D eigenvalue weighted by molar-refractivity contribution is 7.17. The van der Waals surface area contributed by atoms with Gasteiger partial charge in [-0.05, 0) is 47.4 Å². The number of fused-ring (bicyclic) bond motifs is 1. The van der Waals surface area contributed by atoms with Crippen molar-refractivity contribution in [3.63, 3.8) is 0 Å². The molecule has 0 aliphatic carbocycles. The van der Waals surface area contributed by atoms with Crippen LogP contribution in [-0.4, -0.2) is 23.1 Å². The monoisotopic (exact) mass is 306 g/mol. The van der Waals surface area contributed by atoms with E-state index in [2.05, 4.69) is 10.6 Å². The van der Waals surface area contributed by atoms with Crippen LogP contribution in [-0.2, 0) is 4.79 Å². The molecule has 0 aliphatic rings. The van der Waals surface area contributed by atoms with Crippen LogP contribution in [0.1, 0.15) is 20.3 Å². The average Bonchev–Trinajstić information content (AvgIpc) is 2.84. The van der Waals surface area contributed by atoms with E-state index in [9.17, 15) is 9.59 Å². The second-order valence-corrected chi connectivity index (χ2v) is 6.24. The molecule has 0 spiro atoms. The highest BCUT2D eigenvalue weighted by atomic mass is 32.1. The van der Waals surface area contributed by atoms with Crippen LogP contribution in [0.25, 0.3) is 10.1 Å². The summed E-state index contributed by atoms with van der Waals surface area (Å²) in [4.78, 5) is 23.0. The summed E-state index contributed by atoms with van der Waals surface area (Å²) in [6.45, 7) is 3.83. The largest absolute Gasteiger partial charge is 0.480 e. The summed E-state index contributed by atoms with van der Waals surface area (Å²) in [5.74, 6) is -0.833. The van der Waals surface area contributed by atoms with Gasteiger partial charge in [-0.3, -0.25) is 0 Å². The number of aliphatic carboxylic acids is 1. The van der Waals surface area contributed by atoms with Crippen LogP contribution in [0.5, 0.6) is 0 Å². The zero-order chi connectivity index (χ0) is 15.4. The molecule has 0 saturated heterocycles. The van der Waals surface area contributed by atoms with Gasteiger partial charge < -0.3 is 15.7 Å². The summed E-state index contributed by atoms with van der Waals surface area (Å²) in [6.07, 6.45) is 0.395. The minimum atomic E-state index is -1.02. The number of nitrogens with one attached hydrogen (secondary N) is 2. The first-order valence-electron chi connectivity index (χ1n) is 6.73. The Morgan fingerprint density at radius 3 is 2.71 bits per heavy atom. The number of carboxylic acids is 1. The highest BCUT2D eigenvalue weighted by Gasteiger charge is 2.21. The molecule has 5 nitrogen and oxygen atoms in total. The Balaban J connectivity index is 2.01. The van der Waals surface area contributed by atoms with Gasteiger partial charge in [0, 0.05) is 10.4 Å². The predicted octanol–water partition coefficient (Wildman–Crippen LogP) is 3.52. The van der Waals surface area contributed by atoms with Gasteiger partial charge in [0.15, 0.2) is 0 Å². The van der Waals surface area contributed by atoms with Gasteiger partial charge >= 0.3 is 12.0 Å². The van der Waals surface area contributed by atoms with Crippen LogP contribution >= 0.6 is 11.3 Å². The van der Waals surface area contributed by atoms with Gasteiger partial charge in [-0.25, -0.2) is 9.59 Å². The van der Waals surface area contributed by atoms with Crippen molar-refractivity contribution in [1.29, 1.82) is 0 Å². The molecule has 2 rings (SSSR count). The summed E-state index contributed by atoms with van der Waals surface area (Å²) < 4.78 is 1.14. The topological polar surface area (TPSA) is 78.4 Å². The Hall–Kier alpha value is -2.08. The second kappa shape index (κ2) is 6.58. The third kappa shape index (κ3) is 4.19. The third-order valence-corrected chi connectivity index (χ3v) is 3.92. The van der Waals surface area contributed by atoms with Crippen LogP contribution in [0.15, 0.2) is 29.6 Å². The fourth-order valence-electron chi connectivity index (χ4n) is 2.06. The van der Waals surface area contributed by atoms with E-state index < -0.39 is 18.0 Å². The van der Waals surface area contributed by atoms with Crippen molar-refractivity contribution in [2.45, 2.75) is 26.3 Å². The number of urea groups is 1. The highest BCUT2D eigenvalue weighted by Crippen LogP contribution is 2.23. The quantitative estimate of drug-likeness (QED) is 0.791. The van der Waals surface area contributed by atoms with Gasteiger partial charge in [-0.15, -0.1) is 11.3 Å². The summed E-state index contributed by atoms with van der Waals surface area (Å²) in [5.41, 5.74) is 0.645. The standard InChI is InChI=1S/C15H18N2O3S/c1-9(2)7-12(14(18)19)17-15(20)16-11-3-4-13-10(8-11)5-6-21-13/h3-6,8-9,12H,7H2,1-2H3,(H,18,19)(H2,16,17,20)/t12-/m0/s1. The van der Waals surface area contributed by atoms with Gasteiger partial charge in [0.2, 0.25) is 0 Å². The predicted molar refractivity (Wildman–Crippen MR) is 84.9 cm³/mol. The number of hydrogen-bond acceptors (Lipinski definition) is 3. The van der Waals surface area contributed by atoms with Crippen molar-refractivity contribution in [3.05, 3.63) is 29.6 Å². The van der Waals surface area contributed by atoms with E-state index in [-0.39, 0.29) is 5.92 Å². The van der Waals surface area contributed by atoms with Crippen molar-refractivity contribution in [2.24, 2.45) is 5.92 Å². The molecule has 1 heterocycles. The molecule has 0 radical (unpaired) electrons. The van der Waals surface area contributed by atoms with E-state index in [0.717, 1.165) is 10.1 Å². The number of anilines is 1. The normalized spacial score (nSPS) is 12.3. The van der Waals surface area contributed by atoms with Gasteiger partial charge in [0.25, 0.3) is 0 Å². The molecule has 0 saturated carbocycles. The van der Waals surface area contributed by atoms with Crippen LogP contribution in [0.3, 0.4) is 0 Å². The molecule has 2 aromatic rings. The number of carbonyl (C=O) groups excluding carboxylic acids is 1. The first-order chi connectivity index (χ1) is 9.95. The molecule has 112 valence electrons. The maximum absolute atomic E-state index is 11.9. The van der Waals surface area contributed by atoms with Crippen LogP contribution in [0.2, 0.25) is 0 Å². The fourth-order valence-corrected chi connectivity index (χ4v) is 2.83. The summed E-state index contributed by atoms with van der Waals surface area (Å²) in [6, 6.07) is 6.19. The number of rotatable bonds is 5. The van der Waals surface area contributed by atoms with E-state index in [4.69, 9.17) is 5.11 Å². The van der Waals surface area contributed by atoms with Crippen LogP contribution in [0, 0.1) is 5.92 Å². The average molecular weight is 306 g/mol. The maximum atomic E-state index is 11.9. The Kier molecular flexibility index (Phi) is 4.80.